The molecule has 158 valence electrons. The fourth-order valence-corrected chi connectivity index (χ4v) is 3.92. The number of rotatable bonds is 9. The number of ether oxygens (including phenoxy) is 2. The summed E-state index contributed by atoms with van der Waals surface area (Å²) in [6.45, 7) is 3.95. The molecule has 0 amide bonds. The van der Waals surface area contributed by atoms with Gasteiger partial charge in [-0.3, -0.25) is 9.47 Å². The van der Waals surface area contributed by atoms with Gasteiger partial charge in [0.25, 0.3) is 0 Å². The van der Waals surface area contributed by atoms with Crippen molar-refractivity contribution in [2.75, 3.05) is 20.8 Å². The fraction of sp³-hybridized carbons (Fsp3) is 0.391. The Hall–Kier alpha value is -2.64. The summed E-state index contributed by atoms with van der Waals surface area (Å²) in [5.41, 5.74) is 2.23. The Bertz CT molecular complexity index is 1060. The molecule has 30 heavy (non-hydrogen) atoms. The van der Waals surface area contributed by atoms with E-state index >= 15 is 0 Å². The monoisotopic (exact) mass is 424 g/mol. The van der Waals surface area contributed by atoms with Gasteiger partial charge in [-0.2, -0.15) is 5.10 Å². The van der Waals surface area contributed by atoms with Crippen molar-refractivity contribution in [2.24, 2.45) is 0 Å². The molecule has 7 heteroatoms. The van der Waals surface area contributed by atoms with Crippen LogP contribution in [0.25, 0.3) is 5.69 Å². The van der Waals surface area contributed by atoms with E-state index in [0.717, 1.165) is 39.9 Å². The van der Waals surface area contributed by atoms with E-state index in [1.165, 1.54) is 12.8 Å². The van der Waals surface area contributed by atoms with Gasteiger partial charge in [0.15, 0.2) is 11.5 Å². The second kappa shape index (κ2) is 9.02. The van der Waals surface area contributed by atoms with Crippen LogP contribution in [-0.4, -0.2) is 40.0 Å². The quantitative estimate of drug-likeness (QED) is 0.463. The van der Waals surface area contributed by atoms with Gasteiger partial charge in [-0.25, -0.2) is 4.68 Å². The first kappa shape index (κ1) is 20.6. The van der Waals surface area contributed by atoms with Gasteiger partial charge in [0.2, 0.25) is 4.77 Å². The lowest BCUT2D eigenvalue weighted by atomic mass is 10.2. The molecule has 0 spiro atoms. The van der Waals surface area contributed by atoms with Crippen molar-refractivity contribution in [3.05, 3.63) is 64.7 Å². The highest BCUT2D eigenvalue weighted by Crippen LogP contribution is 2.40. The van der Waals surface area contributed by atoms with Crippen LogP contribution in [0.5, 0.6) is 11.5 Å². The normalized spacial score (nSPS) is 13.6. The van der Waals surface area contributed by atoms with Crippen molar-refractivity contribution in [3.8, 4) is 17.2 Å². The zero-order chi connectivity index (χ0) is 21.1. The number of hydrogen-bond acceptors (Lipinski definition) is 5. The molecule has 4 rings (SSSR count). The molecule has 2 aromatic carbocycles. The molecular formula is C23H28N4O2S. The highest BCUT2D eigenvalue weighted by molar-refractivity contribution is 7.71. The van der Waals surface area contributed by atoms with E-state index in [1.54, 1.807) is 7.11 Å². The smallest absolute Gasteiger partial charge is 0.203 e. The van der Waals surface area contributed by atoms with Crippen molar-refractivity contribution in [1.82, 2.24) is 19.2 Å². The molecule has 1 heterocycles. The Labute approximate surface area is 182 Å². The maximum absolute atomic E-state index is 5.81. The van der Waals surface area contributed by atoms with Gasteiger partial charge in [0.1, 0.15) is 5.82 Å². The van der Waals surface area contributed by atoms with Crippen LogP contribution in [0.4, 0.5) is 0 Å². The molecule has 1 saturated carbocycles. The van der Waals surface area contributed by atoms with Crippen molar-refractivity contribution in [3.63, 3.8) is 0 Å². The van der Waals surface area contributed by atoms with Crippen LogP contribution in [-0.2, 0) is 13.2 Å². The van der Waals surface area contributed by atoms with Crippen LogP contribution >= 0.6 is 12.2 Å². The zero-order valence-corrected chi connectivity index (χ0v) is 18.6. The number of methoxy groups -OCH3 is 1. The van der Waals surface area contributed by atoms with E-state index in [9.17, 15) is 0 Å². The van der Waals surface area contributed by atoms with Crippen LogP contribution in [0.3, 0.4) is 0 Å². The summed E-state index contributed by atoms with van der Waals surface area (Å²) in [5, 5.41) is 4.89. The number of aromatic nitrogens is 3. The fourth-order valence-electron chi connectivity index (χ4n) is 3.62. The van der Waals surface area contributed by atoms with Gasteiger partial charge in [-0.05, 0) is 68.9 Å². The first-order valence-electron chi connectivity index (χ1n) is 10.3. The molecule has 1 fully saturated rings. The van der Waals surface area contributed by atoms with Crippen molar-refractivity contribution >= 4 is 12.2 Å². The Morgan fingerprint density at radius 2 is 1.90 bits per heavy atom. The number of nitrogens with zero attached hydrogens (tertiary/aromatic N) is 4. The molecule has 0 radical (unpaired) electrons. The summed E-state index contributed by atoms with van der Waals surface area (Å²) in [7, 11) is 3.74. The molecule has 3 aromatic rings. The second-order valence-electron chi connectivity index (χ2n) is 7.66. The molecule has 1 aliphatic carbocycles. The van der Waals surface area contributed by atoms with Gasteiger partial charge in [-0.1, -0.05) is 24.3 Å². The molecule has 0 saturated heterocycles. The molecule has 0 atom stereocenters. The predicted molar refractivity (Wildman–Crippen MR) is 120 cm³/mol. The average molecular weight is 425 g/mol. The van der Waals surface area contributed by atoms with Gasteiger partial charge in [0.05, 0.1) is 20.4 Å². The molecule has 1 aromatic heterocycles. The highest BCUT2D eigenvalue weighted by Gasteiger charge is 2.30. The van der Waals surface area contributed by atoms with Gasteiger partial charge in [0, 0.05) is 18.2 Å². The molecule has 1 aliphatic rings. The minimum atomic E-state index is 0.508. The molecule has 0 aliphatic heterocycles. The summed E-state index contributed by atoms with van der Waals surface area (Å²) in [5.74, 6) is 3.10. The van der Waals surface area contributed by atoms with Crippen LogP contribution in [0, 0.1) is 4.77 Å². The van der Waals surface area contributed by atoms with E-state index in [-0.39, 0.29) is 0 Å². The third kappa shape index (κ3) is 4.42. The third-order valence-corrected chi connectivity index (χ3v) is 5.57. The first-order valence-corrected chi connectivity index (χ1v) is 10.7. The van der Waals surface area contributed by atoms with Crippen molar-refractivity contribution in [2.45, 2.75) is 38.9 Å². The second-order valence-corrected chi connectivity index (χ2v) is 8.02. The third-order valence-electron chi connectivity index (χ3n) is 5.18. The Morgan fingerprint density at radius 3 is 2.57 bits per heavy atom. The highest BCUT2D eigenvalue weighted by atomic mass is 32.1. The molecule has 6 nitrogen and oxygen atoms in total. The lowest BCUT2D eigenvalue weighted by Gasteiger charge is -2.18. The summed E-state index contributed by atoms with van der Waals surface area (Å²) >= 11 is 5.81. The van der Waals surface area contributed by atoms with Gasteiger partial charge in [-0.15, -0.1) is 0 Å². The largest absolute Gasteiger partial charge is 0.493 e. The van der Waals surface area contributed by atoms with E-state index < -0.39 is 0 Å². The summed E-state index contributed by atoms with van der Waals surface area (Å²) < 4.78 is 15.9. The van der Waals surface area contributed by atoms with E-state index in [0.29, 0.717) is 19.2 Å². The van der Waals surface area contributed by atoms with E-state index in [2.05, 4.69) is 34.7 Å². The molecule has 0 N–H and O–H groups in total. The lowest BCUT2D eigenvalue weighted by molar-refractivity contribution is 0.243. The maximum atomic E-state index is 5.81. The van der Waals surface area contributed by atoms with Crippen LogP contribution < -0.4 is 9.47 Å². The maximum Gasteiger partial charge on any atom is 0.203 e. The minimum Gasteiger partial charge on any atom is -0.493 e. The Morgan fingerprint density at radius 1 is 1.13 bits per heavy atom. The van der Waals surface area contributed by atoms with Gasteiger partial charge < -0.3 is 9.47 Å². The average Bonchev–Trinajstić information content (AvgIpc) is 3.55. The molecule has 0 bridgehead atoms. The van der Waals surface area contributed by atoms with Crippen LogP contribution in [0.2, 0.25) is 0 Å². The zero-order valence-electron chi connectivity index (χ0n) is 17.7. The van der Waals surface area contributed by atoms with Crippen molar-refractivity contribution in [1.29, 1.82) is 0 Å². The van der Waals surface area contributed by atoms with Crippen molar-refractivity contribution < 1.29 is 9.47 Å². The predicted octanol–water partition coefficient (Wildman–Crippen LogP) is 4.78. The number of para-hydroxylation sites is 1. The number of hydrogen-bond donors (Lipinski definition) is 0. The lowest BCUT2D eigenvalue weighted by Crippen LogP contribution is -2.22. The molecular weight excluding hydrogens is 396 g/mol. The summed E-state index contributed by atoms with van der Waals surface area (Å²) in [4.78, 5) is 2.20. The standard InChI is InChI=1S/C23H28N4O2S/c1-4-29-20-13-10-17(14-21(20)28-3)15-25(2)16-26-23(30)27(19-8-6-5-7-9-19)22(24-26)18-11-12-18/h5-10,13-14,18H,4,11-12,15-16H2,1-3H3. The SMILES string of the molecule is CCOc1ccc(CN(C)Cn2nc(C3CC3)n(-c3ccccc3)c2=S)cc1OC. The molecule has 0 unspecified atom stereocenters. The minimum absolute atomic E-state index is 0.508. The topological polar surface area (TPSA) is 44.5 Å². The van der Waals surface area contributed by atoms with Crippen LogP contribution in [0.15, 0.2) is 48.5 Å². The number of benzene rings is 2. The summed E-state index contributed by atoms with van der Waals surface area (Å²) in [6, 6.07) is 16.3. The van der Waals surface area contributed by atoms with E-state index in [1.807, 2.05) is 41.9 Å². The summed E-state index contributed by atoms with van der Waals surface area (Å²) in [6.07, 6.45) is 2.36. The van der Waals surface area contributed by atoms with Gasteiger partial charge >= 0.3 is 0 Å². The van der Waals surface area contributed by atoms with E-state index in [4.69, 9.17) is 26.8 Å². The Kier molecular flexibility index (Phi) is 6.20. The first-order chi connectivity index (χ1) is 14.6. The van der Waals surface area contributed by atoms with Crippen LogP contribution in [0.1, 0.15) is 37.1 Å². The Balaban J connectivity index is 1.54.